The van der Waals surface area contributed by atoms with Crippen LogP contribution in [0.4, 0.5) is 19.0 Å². The number of hydrogen-bond acceptors (Lipinski definition) is 5. The fourth-order valence-corrected chi connectivity index (χ4v) is 2.71. The summed E-state index contributed by atoms with van der Waals surface area (Å²) in [6.45, 7) is 0.894. The van der Waals surface area contributed by atoms with Crippen molar-refractivity contribution in [3.8, 4) is 0 Å². The Labute approximate surface area is 129 Å². The highest BCUT2D eigenvalue weighted by atomic mass is 19.4. The van der Waals surface area contributed by atoms with E-state index in [-0.39, 0.29) is 17.4 Å². The Morgan fingerprint density at radius 1 is 1.30 bits per heavy atom. The molecule has 0 aromatic carbocycles. The second kappa shape index (κ2) is 5.98. The molecular weight excluding hydrogens is 311 g/mol. The summed E-state index contributed by atoms with van der Waals surface area (Å²) in [6, 6.07) is 3.77. The van der Waals surface area contributed by atoms with Gasteiger partial charge in [0.05, 0.1) is 12.6 Å². The van der Waals surface area contributed by atoms with Crippen LogP contribution in [-0.4, -0.2) is 32.3 Å². The van der Waals surface area contributed by atoms with E-state index >= 15 is 0 Å². The summed E-state index contributed by atoms with van der Waals surface area (Å²) in [7, 11) is 0. The maximum absolute atomic E-state index is 12.8. The topological polar surface area (TPSA) is 63.9 Å². The minimum absolute atomic E-state index is 0.126. The smallest absolute Gasteiger partial charge is 0.352 e. The van der Waals surface area contributed by atoms with Crippen LogP contribution in [0.5, 0.6) is 0 Å². The lowest BCUT2D eigenvalue weighted by atomic mass is 10.2. The minimum Gasteiger partial charge on any atom is -0.352 e. The molecule has 0 radical (unpaired) electrons. The monoisotopic (exact) mass is 325 g/mol. The van der Waals surface area contributed by atoms with Crippen molar-refractivity contribution >= 4 is 5.82 Å². The normalized spacial score (nSPS) is 18.4. The van der Waals surface area contributed by atoms with Crippen LogP contribution in [0.15, 0.2) is 35.5 Å². The van der Waals surface area contributed by atoms with Crippen molar-refractivity contribution in [3.05, 3.63) is 46.8 Å². The molecule has 1 atom stereocenters. The summed E-state index contributed by atoms with van der Waals surface area (Å²) in [5.41, 5.74) is -1.21. The van der Waals surface area contributed by atoms with Crippen molar-refractivity contribution in [2.45, 2.75) is 31.6 Å². The van der Waals surface area contributed by atoms with Gasteiger partial charge in [-0.3, -0.25) is 4.79 Å². The molecule has 2 aromatic rings. The van der Waals surface area contributed by atoms with Crippen molar-refractivity contribution in [1.29, 1.82) is 0 Å². The van der Waals surface area contributed by atoms with Gasteiger partial charge >= 0.3 is 6.18 Å². The summed E-state index contributed by atoms with van der Waals surface area (Å²) in [4.78, 5) is 20.8. The molecule has 0 bridgehead atoms. The number of hydrogen-bond donors (Lipinski definition) is 0. The van der Waals surface area contributed by atoms with Gasteiger partial charge in [0.15, 0.2) is 0 Å². The van der Waals surface area contributed by atoms with E-state index in [1.165, 1.54) is 16.9 Å². The minimum atomic E-state index is -4.51. The first-order valence-corrected chi connectivity index (χ1v) is 7.13. The van der Waals surface area contributed by atoms with Crippen LogP contribution in [0.3, 0.4) is 0 Å². The van der Waals surface area contributed by atoms with Crippen molar-refractivity contribution in [1.82, 2.24) is 19.7 Å². The maximum Gasteiger partial charge on any atom is 0.433 e. The Balaban J connectivity index is 1.85. The van der Waals surface area contributed by atoms with E-state index in [2.05, 4.69) is 15.1 Å². The van der Waals surface area contributed by atoms with Crippen molar-refractivity contribution in [2.24, 2.45) is 0 Å². The lowest BCUT2D eigenvalue weighted by Gasteiger charge is -2.26. The number of rotatable bonds is 3. The first-order chi connectivity index (χ1) is 10.9. The molecule has 3 heterocycles. The zero-order chi connectivity index (χ0) is 16.4. The van der Waals surface area contributed by atoms with Gasteiger partial charge in [0.1, 0.15) is 17.8 Å². The van der Waals surface area contributed by atoms with Crippen LogP contribution in [0, 0.1) is 0 Å². The van der Waals surface area contributed by atoms with Gasteiger partial charge < -0.3 is 4.90 Å². The zero-order valence-electron chi connectivity index (χ0n) is 12.1. The highest BCUT2D eigenvalue weighted by Gasteiger charge is 2.34. The van der Waals surface area contributed by atoms with E-state index in [1.807, 2.05) is 0 Å². The van der Waals surface area contributed by atoms with Crippen molar-refractivity contribution < 1.29 is 13.2 Å². The van der Waals surface area contributed by atoms with Gasteiger partial charge in [0.2, 0.25) is 0 Å². The summed E-state index contributed by atoms with van der Waals surface area (Å²) >= 11 is 0. The Morgan fingerprint density at radius 2 is 2.13 bits per heavy atom. The first kappa shape index (κ1) is 15.4. The Bertz CT molecular complexity index is 745. The second-order valence-corrected chi connectivity index (χ2v) is 5.29. The van der Waals surface area contributed by atoms with E-state index in [4.69, 9.17) is 0 Å². The van der Waals surface area contributed by atoms with Gasteiger partial charge in [0.25, 0.3) is 5.56 Å². The lowest BCUT2D eigenvalue weighted by molar-refractivity contribution is -0.141. The molecule has 1 aliphatic rings. The summed E-state index contributed by atoms with van der Waals surface area (Å²) in [5.74, 6) is 0.221. The predicted molar refractivity (Wildman–Crippen MR) is 75.9 cm³/mol. The molecule has 1 saturated heterocycles. The molecular formula is C14H14F3N5O. The molecule has 1 aliphatic heterocycles. The average molecular weight is 325 g/mol. The van der Waals surface area contributed by atoms with Gasteiger partial charge in [-0.1, -0.05) is 0 Å². The third-order valence-electron chi connectivity index (χ3n) is 3.78. The molecule has 3 rings (SSSR count). The van der Waals surface area contributed by atoms with Crippen LogP contribution in [-0.2, 0) is 12.7 Å². The van der Waals surface area contributed by atoms with Gasteiger partial charge in [-0.2, -0.15) is 18.3 Å². The molecule has 0 aliphatic carbocycles. The standard InChI is InChI=1S/C14H14F3N5O/c15-14(16,17)11-7-12(19-9-18-11)21-6-2-3-10(21)8-22-13(23)4-1-5-20-22/h1,4-5,7,9-10H,2-3,6,8H2. The number of anilines is 1. The molecule has 0 N–H and O–H groups in total. The molecule has 0 spiro atoms. The van der Waals surface area contributed by atoms with E-state index in [1.54, 1.807) is 11.0 Å². The summed E-state index contributed by atoms with van der Waals surface area (Å²) in [5, 5.41) is 3.99. The molecule has 0 amide bonds. The van der Waals surface area contributed by atoms with Crippen molar-refractivity contribution in [2.75, 3.05) is 11.4 Å². The SMILES string of the molecule is O=c1cccnn1CC1CCCN1c1cc(C(F)(F)F)ncn1. The van der Waals surface area contributed by atoms with Crippen LogP contribution < -0.4 is 10.5 Å². The second-order valence-electron chi connectivity index (χ2n) is 5.29. The summed E-state index contributed by atoms with van der Waals surface area (Å²) in [6.07, 6.45) is -0.510. The van der Waals surface area contributed by atoms with Gasteiger partial charge in [-0.25, -0.2) is 14.6 Å². The summed E-state index contributed by atoms with van der Waals surface area (Å²) < 4.78 is 39.7. The fourth-order valence-electron chi connectivity index (χ4n) is 2.71. The van der Waals surface area contributed by atoms with E-state index in [9.17, 15) is 18.0 Å². The molecule has 9 heteroatoms. The van der Waals surface area contributed by atoms with Crippen LogP contribution in [0.1, 0.15) is 18.5 Å². The molecule has 2 aromatic heterocycles. The van der Waals surface area contributed by atoms with Crippen molar-refractivity contribution in [3.63, 3.8) is 0 Å². The lowest BCUT2D eigenvalue weighted by Crippen LogP contribution is -2.37. The Hall–Kier alpha value is -2.45. The first-order valence-electron chi connectivity index (χ1n) is 7.13. The number of alkyl halides is 3. The molecule has 122 valence electrons. The van der Waals surface area contributed by atoms with Crippen LogP contribution in [0.2, 0.25) is 0 Å². The number of aromatic nitrogens is 4. The number of halogens is 3. The third kappa shape index (κ3) is 3.33. The highest BCUT2D eigenvalue weighted by molar-refractivity contribution is 5.42. The van der Waals surface area contributed by atoms with Crippen LogP contribution >= 0.6 is 0 Å². The van der Waals surface area contributed by atoms with E-state index in [0.29, 0.717) is 13.1 Å². The molecule has 0 saturated carbocycles. The quantitative estimate of drug-likeness (QED) is 0.860. The third-order valence-corrected chi connectivity index (χ3v) is 3.78. The molecule has 1 unspecified atom stereocenters. The predicted octanol–water partition coefficient (Wildman–Crippen LogP) is 1.72. The van der Waals surface area contributed by atoms with Gasteiger partial charge in [-0.15, -0.1) is 0 Å². The Morgan fingerprint density at radius 3 is 2.87 bits per heavy atom. The maximum atomic E-state index is 12.8. The number of nitrogens with zero attached hydrogens (tertiary/aromatic N) is 5. The van der Waals surface area contributed by atoms with Crippen LogP contribution in [0.25, 0.3) is 0 Å². The molecule has 23 heavy (non-hydrogen) atoms. The molecule has 1 fully saturated rings. The largest absolute Gasteiger partial charge is 0.433 e. The molecule has 6 nitrogen and oxygen atoms in total. The average Bonchev–Trinajstić information content (AvgIpc) is 2.97. The van der Waals surface area contributed by atoms with E-state index < -0.39 is 11.9 Å². The highest BCUT2D eigenvalue weighted by Crippen LogP contribution is 2.31. The van der Waals surface area contributed by atoms with Gasteiger partial charge in [0, 0.05) is 24.9 Å². The fraction of sp³-hybridized carbons (Fsp3) is 0.429. The van der Waals surface area contributed by atoms with Gasteiger partial charge in [-0.05, 0) is 18.9 Å². The van der Waals surface area contributed by atoms with E-state index in [0.717, 1.165) is 25.2 Å². The zero-order valence-corrected chi connectivity index (χ0v) is 12.1. The Kier molecular flexibility index (Phi) is 4.01.